The van der Waals surface area contributed by atoms with Gasteiger partial charge in [0.15, 0.2) is 0 Å². The van der Waals surface area contributed by atoms with Crippen LogP contribution in [0.5, 0.6) is 0 Å². The zero-order chi connectivity index (χ0) is 17.2. The number of hydrogen-bond donors (Lipinski definition) is 0. The number of aromatic nitrogens is 1. The lowest BCUT2D eigenvalue weighted by molar-refractivity contribution is 0.613. The predicted octanol–water partition coefficient (Wildman–Crippen LogP) is 6.48. The Bertz CT molecular complexity index is 717. The lowest BCUT2D eigenvalue weighted by atomic mass is 10.0. The summed E-state index contributed by atoms with van der Waals surface area (Å²) in [5, 5.41) is 0. The third-order valence-corrected chi connectivity index (χ3v) is 4.67. The minimum atomic E-state index is 1.06. The van der Waals surface area contributed by atoms with Crippen LogP contribution in [0.25, 0.3) is 11.3 Å². The smallest absolute Gasteiger partial charge is 0.0702 e. The second-order valence-corrected chi connectivity index (χ2v) is 6.67. The average Bonchev–Trinajstić information content (AvgIpc) is 2.69. The first kappa shape index (κ1) is 17.4. The number of rotatable bonds is 9. The van der Waals surface area contributed by atoms with Crippen LogP contribution in [-0.4, -0.2) is 4.98 Å². The molecule has 2 aromatic carbocycles. The van der Waals surface area contributed by atoms with E-state index in [1.54, 1.807) is 0 Å². The van der Waals surface area contributed by atoms with Gasteiger partial charge in [-0.1, -0.05) is 86.0 Å². The van der Waals surface area contributed by atoms with Crippen molar-refractivity contribution in [2.75, 3.05) is 0 Å². The normalized spacial score (nSPS) is 10.7. The summed E-state index contributed by atoms with van der Waals surface area (Å²) in [7, 11) is 0. The van der Waals surface area contributed by atoms with Crippen molar-refractivity contribution in [3.8, 4) is 11.3 Å². The van der Waals surface area contributed by atoms with E-state index in [1.165, 1.54) is 55.2 Å². The average molecular weight is 329 g/mol. The van der Waals surface area contributed by atoms with E-state index >= 15 is 0 Å². The number of pyridine rings is 1. The highest BCUT2D eigenvalue weighted by Crippen LogP contribution is 2.17. The first-order valence-electron chi connectivity index (χ1n) is 9.46. The molecular formula is C24H27N. The third kappa shape index (κ3) is 5.86. The summed E-state index contributed by atoms with van der Waals surface area (Å²) in [5.74, 6) is 0. The Hall–Kier alpha value is -2.41. The fraction of sp³-hybridized carbons (Fsp3) is 0.292. The molecule has 1 heterocycles. The van der Waals surface area contributed by atoms with E-state index in [2.05, 4.69) is 71.7 Å². The maximum absolute atomic E-state index is 4.61. The molecule has 3 aromatic rings. The zero-order valence-electron chi connectivity index (χ0n) is 14.9. The summed E-state index contributed by atoms with van der Waals surface area (Å²) < 4.78 is 0. The number of hydrogen-bond acceptors (Lipinski definition) is 1. The second-order valence-electron chi connectivity index (χ2n) is 6.67. The monoisotopic (exact) mass is 329 g/mol. The van der Waals surface area contributed by atoms with Crippen LogP contribution in [0.3, 0.4) is 0 Å². The summed E-state index contributed by atoms with van der Waals surface area (Å²) in [6.45, 7) is 0. The van der Waals surface area contributed by atoms with E-state index in [0.29, 0.717) is 0 Å². The molecular weight excluding hydrogens is 302 g/mol. The lowest BCUT2D eigenvalue weighted by Crippen LogP contribution is -1.90. The minimum absolute atomic E-state index is 1.06. The van der Waals surface area contributed by atoms with Gasteiger partial charge in [0, 0.05) is 11.8 Å². The second kappa shape index (κ2) is 9.78. The van der Waals surface area contributed by atoms with Crippen molar-refractivity contribution >= 4 is 0 Å². The highest BCUT2D eigenvalue weighted by Gasteiger charge is 1.99. The summed E-state index contributed by atoms with van der Waals surface area (Å²) in [5.41, 5.74) is 5.06. The van der Waals surface area contributed by atoms with Gasteiger partial charge in [-0.2, -0.15) is 0 Å². The fourth-order valence-corrected chi connectivity index (χ4v) is 3.19. The molecule has 0 aliphatic heterocycles. The molecule has 25 heavy (non-hydrogen) atoms. The molecule has 1 heteroatoms. The molecule has 0 bridgehead atoms. The summed E-state index contributed by atoms with van der Waals surface area (Å²) in [6, 6.07) is 25.6. The number of nitrogens with zero attached hydrogens (tertiary/aromatic N) is 1. The van der Waals surface area contributed by atoms with Crippen LogP contribution in [-0.2, 0) is 12.8 Å². The van der Waals surface area contributed by atoms with Crippen LogP contribution in [0.15, 0.2) is 79.0 Å². The minimum Gasteiger partial charge on any atom is -0.256 e. The van der Waals surface area contributed by atoms with Gasteiger partial charge >= 0.3 is 0 Å². The van der Waals surface area contributed by atoms with Gasteiger partial charge in [-0.05, 0) is 42.9 Å². The highest BCUT2D eigenvalue weighted by atomic mass is 14.7. The Kier molecular flexibility index (Phi) is 6.81. The van der Waals surface area contributed by atoms with Gasteiger partial charge in [-0.15, -0.1) is 0 Å². The maximum atomic E-state index is 4.61. The summed E-state index contributed by atoms with van der Waals surface area (Å²) in [4.78, 5) is 4.61. The van der Waals surface area contributed by atoms with Crippen LogP contribution in [0.1, 0.15) is 43.2 Å². The molecule has 0 radical (unpaired) electrons. The standard InChI is InChI=1S/C24H27N/c1(2-6-12-21-13-8-4-9-14-21)3-7-15-22-18-19-24(25-20-22)23-16-10-5-11-17-23/h4-5,8-11,13-14,16-20H,1-3,6-7,12,15H2. The summed E-state index contributed by atoms with van der Waals surface area (Å²) >= 11 is 0. The van der Waals surface area contributed by atoms with Gasteiger partial charge in [-0.3, -0.25) is 4.98 Å². The van der Waals surface area contributed by atoms with E-state index in [1.807, 2.05) is 12.3 Å². The molecule has 3 rings (SSSR count). The molecule has 0 spiro atoms. The van der Waals surface area contributed by atoms with E-state index in [0.717, 1.165) is 12.1 Å². The number of aryl methyl sites for hydroxylation is 2. The molecule has 0 unspecified atom stereocenters. The molecule has 0 aliphatic carbocycles. The van der Waals surface area contributed by atoms with E-state index in [-0.39, 0.29) is 0 Å². The SMILES string of the molecule is c1ccc(CCCCCCCc2ccc(-c3ccccc3)nc2)cc1. The molecule has 128 valence electrons. The first-order chi connectivity index (χ1) is 12.4. The van der Waals surface area contributed by atoms with Crippen molar-refractivity contribution in [2.24, 2.45) is 0 Å². The Morgan fingerprint density at radius 3 is 1.76 bits per heavy atom. The molecule has 0 N–H and O–H groups in total. The van der Waals surface area contributed by atoms with Crippen LogP contribution in [0.4, 0.5) is 0 Å². The van der Waals surface area contributed by atoms with Crippen LogP contribution < -0.4 is 0 Å². The molecule has 0 amide bonds. The summed E-state index contributed by atoms with van der Waals surface area (Å²) in [6.07, 6.45) is 10.9. The largest absolute Gasteiger partial charge is 0.256 e. The molecule has 0 saturated heterocycles. The zero-order valence-corrected chi connectivity index (χ0v) is 14.9. The van der Waals surface area contributed by atoms with Crippen molar-refractivity contribution in [3.63, 3.8) is 0 Å². The van der Waals surface area contributed by atoms with E-state index in [4.69, 9.17) is 0 Å². The molecule has 0 aliphatic rings. The van der Waals surface area contributed by atoms with E-state index < -0.39 is 0 Å². The van der Waals surface area contributed by atoms with Crippen molar-refractivity contribution in [3.05, 3.63) is 90.1 Å². The van der Waals surface area contributed by atoms with Gasteiger partial charge in [0.25, 0.3) is 0 Å². The van der Waals surface area contributed by atoms with Crippen LogP contribution in [0.2, 0.25) is 0 Å². The topological polar surface area (TPSA) is 12.9 Å². The molecule has 0 fully saturated rings. The maximum Gasteiger partial charge on any atom is 0.0702 e. The third-order valence-electron chi connectivity index (χ3n) is 4.67. The molecule has 1 nitrogen and oxygen atoms in total. The number of unbranched alkanes of at least 4 members (excludes halogenated alkanes) is 4. The lowest BCUT2D eigenvalue weighted by Gasteiger charge is -2.05. The van der Waals surface area contributed by atoms with Gasteiger partial charge in [-0.25, -0.2) is 0 Å². The van der Waals surface area contributed by atoms with Crippen molar-refractivity contribution in [2.45, 2.75) is 44.9 Å². The Labute approximate surface area is 151 Å². The van der Waals surface area contributed by atoms with Gasteiger partial charge < -0.3 is 0 Å². The molecule has 0 atom stereocenters. The van der Waals surface area contributed by atoms with Crippen molar-refractivity contribution in [1.82, 2.24) is 4.98 Å². The highest BCUT2D eigenvalue weighted by molar-refractivity contribution is 5.58. The van der Waals surface area contributed by atoms with Crippen LogP contribution in [0, 0.1) is 0 Å². The van der Waals surface area contributed by atoms with Crippen LogP contribution >= 0.6 is 0 Å². The van der Waals surface area contributed by atoms with Gasteiger partial charge in [0.05, 0.1) is 5.69 Å². The molecule has 1 aromatic heterocycles. The fourth-order valence-electron chi connectivity index (χ4n) is 3.19. The van der Waals surface area contributed by atoms with E-state index in [9.17, 15) is 0 Å². The Balaban J connectivity index is 1.31. The predicted molar refractivity (Wildman–Crippen MR) is 107 cm³/mol. The van der Waals surface area contributed by atoms with Gasteiger partial charge in [0.1, 0.15) is 0 Å². The quantitative estimate of drug-likeness (QED) is 0.409. The molecule has 0 saturated carbocycles. The number of benzene rings is 2. The van der Waals surface area contributed by atoms with Gasteiger partial charge in [0.2, 0.25) is 0 Å². The Morgan fingerprint density at radius 1 is 0.520 bits per heavy atom. The van der Waals surface area contributed by atoms with Crippen molar-refractivity contribution < 1.29 is 0 Å². The van der Waals surface area contributed by atoms with Crippen molar-refractivity contribution in [1.29, 1.82) is 0 Å². The first-order valence-corrected chi connectivity index (χ1v) is 9.46. The Morgan fingerprint density at radius 2 is 1.12 bits per heavy atom.